The van der Waals surface area contributed by atoms with E-state index in [4.69, 9.17) is 9.57 Å². The van der Waals surface area contributed by atoms with Gasteiger partial charge in [-0.25, -0.2) is 4.79 Å². The summed E-state index contributed by atoms with van der Waals surface area (Å²) in [5.41, 5.74) is 1.81. The molecular formula is C23H27N3O4S. The molecule has 2 amide bonds. The number of hydrogen-bond acceptors (Lipinski definition) is 6. The molecule has 3 rings (SSSR count). The van der Waals surface area contributed by atoms with Gasteiger partial charge in [-0.1, -0.05) is 72.7 Å². The minimum absolute atomic E-state index is 0.136. The van der Waals surface area contributed by atoms with E-state index in [9.17, 15) is 9.59 Å². The van der Waals surface area contributed by atoms with Crippen molar-refractivity contribution in [1.82, 2.24) is 10.6 Å². The van der Waals surface area contributed by atoms with Crippen LogP contribution in [0.2, 0.25) is 0 Å². The van der Waals surface area contributed by atoms with E-state index in [-0.39, 0.29) is 18.6 Å². The number of carbonyl (C=O) groups is 2. The number of hydrogen-bond donors (Lipinski definition) is 2. The lowest BCUT2D eigenvalue weighted by Crippen LogP contribution is -2.49. The number of benzene rings is 2. The summed E-state index contributed by atoms with van der Waals surface area (Å²) >= 11 is 1.64. The van der Waals surface area contributed by atoms with E-state index in [1.807, 2.05) is 60.7 Å². The third kappa shape index (κ3) is 7.64. The summed E-state index contributed by atoms with van der Waals surface area (Å²) in [6.45, 7) is 2.51. The number of thioether (sulfide) groups is 1. The molecule has 0 saturated heterocycles. The van der Waals surface area contributed by atoms with Crippen molar-refractivity contribution >= 4 is 28.8 Å². The lowest BCUT2D eigenvalue weighted by atomic mass is 10.1. The molecule has 0 fully saturated rings. The summed E-state index contributed by atoms with van der Waals surface area (Å²) in [5.74, 6) is 0.635. The van der Waals surface area contributed by atoms with Gasteiger partial charge in [-0.05, 0) is 16.9 Å². The van der Waals surface area contributed by atoms with Crippen LogP contribution in [0.4, 0.5) is 4.79 Å². The number of alkyl carbamates (subject to hydrolysis) is 1. The topological polar surface area (TPSA) is 89.0 Å². The zero-order valence-corrected chi connectivity index (χ0v) is 18.3. The van der Waals surface area contributed by atoms with Crippen molar-refractivity contribution in [2.45, 2.75) is 38.5 Å². The summed E-state index contributed by atoms with van der Waals surface area (Å²) in [6.07, 6.45) is 0.197. The first-order valence-electron chi connectivity index (χ1n) is 10.3. The molecule has 164 valence electrons. The lowest BCUT2D eigenvalue weighted by Gasteiger charge is -2.19. The third-order valence-electron chi connectivity index (χ3n) is 4.62. The van der Waals surface area contributed by atoms with Crippen LogP contribution in [-0.2, 0) is 27.4 Å². The van der Waals surface area contributed by atoms with Gasteiger partial charge in [-0.3, -0.25) is 4.79 Å². The molecule has 0 spiro atoms. The Morgan fingerprint density at radius 3 is 2.48 bits per heavy atom. The number of rotatable bonds is 9. The van der Waals surface area contributed by atoms with Crippen molar-refractivity contribution in [1.29, 1.82) is 0 Å². The lowest BCUT2D eigenvalue weighted by molar-refractivity contribution is -0.123. The van der Waals surface area contributed by atoms with E-state index in [0.29, 0.717) is 19.4 Å². The average molecular weight is 442 g/mol. The first kappa shape index (κ1) is 22.7. The second kappa shape index (κ2) is 12.0. The molecular weight excluding hydrogens is 414 g/mol. The van der Waals surface area contributed by atoms with Crippen molar-refractivity contribution < 1.29 is 19.2 Å². The zero-order chi connectivity index (χ0) is 21.9. The van der Waals surface area contributed by atoms with Gasteiger partial charge < -0.3 is 20.2 Å². The van der Waals surface area contributed by atoms with Crippen molar-refractivity contribution in [3.05, 3.63) is 71.8 Å². The van der Waals surface area contributed by atoms with Gasteiger partial charge in [-0.15, -0.1) is 11.8 Å². The fourth-order valence-electron chi connectivity index (χ4n) is 3.07. The molecule has 0 bridgehead atoms. The maximum Gasteiger partial charge on any atom is 0.408 e. The normalized spacial score (nSPS) is 16.0. The van der Waals surface area contributed by atoms with Gasteiger partial charge in [0.05, 0.1) is 6.54 Å². The molecule has 1 aliphatic rings. The molecule has 8 heteroatoms. The zero-order valence-electron chi connectivity index (χ0n) is 17.5. The molecule has 0 saturated carbocycles. The van der Waals surface area contributed by atoms with Crippen LogP contribution in [0.15, 0.2) is 65.8 Å². The SMILES string of the molecule is CCSC1=NOC(CNC(=O)[C@@H](Cc2ccccc2)NC(=O)OCc2ccccc2)C1. The summed E-state index contributed by atoms with van der Waals surface area (Å²) in [5, 5.41) is 10.5. The average Bonchev–Trinajstić information content (AvgIpc) is 3.25. The monoisotopic (exact) mass is 441 g/mol. The van der Waals surface area contributed by atoms with E-state index in [1.165, 1.54) is 0 Å². The first-order chi connectivity index (χ1) is 15.1. The van der Waals surface area contributed by atoms with E-state index >= 15 is 0 Å². The second-order valence-corrected chi connectivity index (χ2v) is 8.38. The van der Waals surface area contributed by atoms with E-state index in [2.05, 4.69) is 22.7 Å². The highest BCUT2D eigenvalue weighted by Crippen LogP contribution is 2.18. The first-order valence-corrected chi connectivity index (χ1v) is 11.3. The minimum atomic E-state index is -0.766. The number of nitrogens with zero attached hydrogens (tertiary/aromatic N) is 1. The van der Waals surface area contributed by atoms with Gasteiger partial charge in [0.2, 0.25) is 5.91 Å². The molecule has 31 heavy (non-hydrogen) atoms. The van der Waals surface area contributed by atoms with Crippen molar-refractivity contribution in [2.75, 3.05) is 12.3 Å². The Kier molecular flexibility index (Phi) is 8.78. The molecule has 7 nitrogen and oxygen atoms in total. The summed E-state index contributed by atoms with van der Waals surface area (Å²) in [7, 11) is 0. The predicted octanol–water partition coefficient (Wildman–Crippen LogP) is 3.50. The number of ether oxygens (including phenoxy) is 1. The van der Waals surface area contributed by atoms with E-state index in [0.717, 1.165) is 21.9 Å². The highest BCUT2D eigenvalue weighted by molar-refractivity contribution is 8.13. The Balaban J connectivity index is 1.54. The molecule has 0 aliphatic carbocycles. The fraction of sp³-hybridized carbons (Fsp3) is 0.348. The van der Waals surface area contributed by atoms with Gasteiger partial charge >= 0.3 is 6.09 Å². The van der Waals surface area contributed by atoms with Crippen molar-refractivity contribution in [3.8, 4) is 0 Å². The predicted molar refractivity (Wildman–Crippen MR) is 122 cm³/mol. The highest BCUT2D eigenvalue weighted by Gasteiger charge is 2.25. The molecule has 1 unspecified atom stereocenters. The van der Waals surface area contributed by atoms with Crippen LogP contribution in [0.5, 0.6) is 0 Å². The van der Waals surface area contributed by atoms with Gasteiger partial charge in [0, 0.05) is 12.8 Å². The number of amides is 2. The van der Waals surface area contributed by atoms with Gasteiger partial charge in [0.25, 0.3) is 0 Å². The Morgan fingerprint density at radius 2 is 1.81 bits per heavy atom. The number of nitrogens with one attached hydrogen (secondary N) is 2. The molecule has 2 aromatic rings. The largest absolute Gasteiger partial charge is 0.445 e. The molecule has 1 heterocycles. The molecule has 1 aliphatic heterocycles. The Hall–Kier alpha value is -3.00. The van der Waals surface area contributed by atoms with Crippen LogP contribution in [0.3, 0.4) is 0 Å². The van der Waals surface area contributed by atoms with Crippen LogP contribution in [-0.4, -0.2) is 41.5 Å². The molecule has 0 radical (unpaired) electrons. The van der Waals surface area contributed by atoms with Gasteiger partial charge in [-0.2, -0.15) is 0 Å². The second-order valence-electron chi connectivity index (χ2n) is 7.04. The highest BCUT2D eigenvalue weighted by atomic mass is 32.2. The Morgan fingerprint density at radius 1 is 1.13 bits per heavy atom. The molecule has 0 aromatic heterocycles. The maximum absolute atomic E-state index is 12.8. The molecule has 2 atom stereocenters. The Bertz CT molecular complexity index is 877. The summed E-state index contributed by atoms with van der Waals surface area (Å²) in [4.78, 5) is 30.6. The summed E-state index contributed by atoms with van der Waals surface area (Å²) in [6, 6.07) is 18.2. The van der Waals surface area contributed by atoms with Crippen LogP contribution >= 0.6 is 11.8 Å². The molecule has 2 N–H and O–H groups in total. The Labute approximate surface area is 186 Å². The third-order valence-corrected chi connectivity index (χ3v) is 5.49. The molecule has 2 aromatic carbocycles. The van der Waals surface area contributed by atoms with Crippen LogP contribution in [0.1, 0.15) is 24.5 Å². The quantitative estimate of drug-likeness (QED) is 0.622. The van der Waals surface area contributed by atoms with Crippen LogP contribution in [0, 0.1) is 0 Å². The van der Waals surface area contributed by atoms with Crippen LogP contribution < -0.4 is 10.6 Å². The standard InChI is InChI=1S/C23H27N3O4S/c1-2-31-21-14-19(30-26-21)15-24-22(27)20(13-17-9-5-3-6-10-17)25-23(28)29-16-18-11-7-4-8-12-18/h3-12,19-20H,2,13-16H2,1H3,(H,24,27)(H,25,28)/t19?,20-/m1/s1. The number of oxime groups is 1. The minimum Gasteiger partial charge on any atom is -0.445 e. The van der Waals surface area contributed by atoms with Gasteiger partial charge in [0.1, 0.15) is 17.7 Å². The summed E-state index contributed by atoms with van der Waals surface area (Å²) < 4.78 is 5.29. The van der Waals surface area contributed by atoms with E-state index in [1.54, 1.807) is 11.8 Å². The number of carbonyl (C=O) groups excluding carboxylic acids is 2. The van der Waals surface area contributed by atoms with E-state index < -0.39 is 12.1 Å². The van der Waals surface area contributed by atoms with Crippen molar-refractivity contribution in [3.63, 3.8) is 0 Å². The van der Waals surface area contributed by atoms with Crippen molar-refractivity contribution in [2.24, 2.45) is 5.16 Å². The fourth-order valence-corrected chi connectivity index (χ4v) is 3.80. The maximum atomic E-state index is 12.8. The van der Waals surface area contributed by atoms with Crippen LogP contribution in [0.25, 0.3) is 0 Å². The van der Waals surface area contributed by atoms with Gasteiger partial charge in [0.15, 0.2) is 6.10 Å². The smallest absolute Gasteiger partial charge is 0.408 e.